The van der Waals surface area contributed by atoms with Crippen molar-refractivity contribution in [2.24, 2.45) is 0 Å². The second kappa shape index (κ2) is 8.71. The molecule has 0 atom stereocenters. The minimum Gasteiger partial charge on any atom is -0.338 e. The lowest BCUT2D eigenvalue weighted by Gasteiger charge is -2.16. The molecule has 1 fully saturated rings. The van der Waals surface area contributed by atoms with Gasteiger partial charge < -0.3 is 14.8 Å². The number of para-hydroxylation sites is 1. The summed E-state index contributed by atoms with van der Waals surface area (Å²) in [5, 5.41) is 4.10. The smallest absolute Gasteiger partial charge is 0.272 e. The van der Waals surface area contributed by atoms with Crippen LogP contribution in [0.25, 0.3) is 10.9 Å². The summed E-state index contributed by atoms with van der Waals surface area (Å²) in [7, 11) is 0. The van der Waals surface area contributed by atoms with Gasteiger partial charge >= 0.3 is 0 Å². The molecule has 0 spiro atoms. The highest BCUT2D eigenvalue weighted by molar-refractivity contribution is 6.06. The maximum Gasteiger partial charge on any atom is 0.272 e. The number of hydrogen-bond donors (Lipinski definition) is 1. The van der Waals surface area contributed by atoms with Crippen LogP contribution in [0.2, 0.25) is 0 Å². The first-order valence-electron chi connectivity index (χ1n) is 11.0. The third kappa shape index (κ3) is 4.14. The molecule has 1 aromatic heterocycles. The van der Waals surface area contributed by atoms with Crippen molar-refractivity contribution in [3.8, 4) is 0 Å². The zero-order valence-corrected chi connectivity index (χ0v) is 17.8. The van der Waals surface area contributed by atoms with E-state index in [-0.39, 0.29) is 11.8 Å². The van der Waals surface area contributed by atoms with Gasteiger partial charge in [-0.3, -0.25) is 9.59 Å². The Morgan fingerprint density at radius 3 is 2.44 bits per heavy atom. The molecule has 3 aromatic carbocycles. The highest BCUT2D eigenvalue weighted by Crippen LogP contribution is 2.23. The van der Waals surface area contributed by atoms with E-state index in [1.54, 1.807) is 0 Å². The number of carbonyl (C=O) groups excluding carboxylic acids is 2. The molecule has 5 rings (SSSR count). The molecule has 0 radical (unpaired) electrons. The van der Waals surface area contributed by atoms with Crippen LogP contribution in [0.4, 0.5) is 5.69 Å². The van der Waals surface area contributed by atoms with Crippen molar-refractivity contribution < 1.29 is 9.59 Å². The van der Waals surface area contributed by atoms with E-state index in [0.717, 1.165) is 40.7 Å². The van der Waals surface area contributed by atoms with Crippen LogP contribution in [0.5, 0.6) is 0 Å². The molecule has 1 aliphatic rings. The van der Waals surface area contributed by atoms with Crippen molar-refractivity contribution in [3.05, 3.63) is 102 Å². The Kier molecular flexibility index (Phi) is 5.46. The Labute approximate surface area is 187 Å². The fourth-order valence-electron chi connectivity index (χ4n) is 4.37. The van der Waals surface area contributed by atoms with Crippen LogP contribution in [0.3, 0.4) is 0 Å². The van der Waals surface area contributed by atoms with Crippen molar-refractivity contribution in [1.29, 1.82) is 0 Å². The third-order valence-electron chi connectivity index (χ3n) is 5.96. The standard InChI is InChI=1S/C27H25N3O2/c31-26-14-7-15-29(26)18-21-10-6-12-23(16-21)28-27(32)25-17-22-11-4-5-13-24(22)30(25)19-20-8-2-1-3-9-20/h1-6,8-13,16-17H,7,14-15,18-19H2,(H,28,32). The molecule has 160 valence electrons. The van der Waals surface area contributed by atoms with E-state index in [4.69, 9.17) is 0 Å². The Morgan fingerprint density at radius 2 is 1.62 bits per heavy atom. The van der Waals surface area contributed by atoms with Crippen LogP contribution in [0, 0.1) is 0 Å². The number of hydrogen-bond acceptors (Lipinski definition) is 2. The van der Waals surface area contributed by atoms with Crippen molar-refractivity contribution in [1.82, 2.24) is 9.47 Å². The van der Waals surface area contributed by atoms with Crippen LogP contribution >= 0.6 is 0 Å². The van der Waals surface area contributed by atoms with Gasteiger partial charge in [0.2, 0.25) is 5.91 Å². The van der Waals surface area contributed by atoms with Gasteiger partial charge in [0, 0.05) is 42.6 Å². The molecule has 0 bridgehead atoms. The quantitative estimate of drug-likeness (QED) is 0.471. The van der Waals surface area contributed by atoms with Crippen LogP contribution in [-0.2, 0) is 17.9 Å². The van der Waals surface area contributed by atoms with Gasteiger partial charge in [0.15, 0.2) is 0 Å². The summed E-state index contributed by atoms with van der Waals surface area (Å²) in [6.45, 7) is 2.00. The van der Waals surface area contributed by atoms with Crippen molar-refractivity contribution >= 4 is 28.4 Å². The summed E-state index contributed by atoms with van der Waals surface area (Å²) in [6.07, 6.45) is 1.55. The third-order valence-corrected chi connectivity index (χ3v) is 5.96. The summed E-state index contributed by atoms with van der Waals surface area (Å²) in [5.74, 6) is 0.0522. The van der Waals surface area contributed by atoms with E-state index in [2.05, 4.69) is 22.0 Å². The molecule has 5 nitrogen and oxygen atoms in total. The molecule has 0 unspecified atom stereocenters. The predicted molar refractivity (Wildman–Crippen MR) is 127 cm³/mol. The van der Waals surface area contributed by atoms with Gasteiger partial charge in [0.1, 0.15) is 5.69 Å². The lowest BCUT2D eigenvalue weighted by atomic mass is 10.2. The number of fused-ring (bicyclic) bond motifs is 1. The SMILES string of the molecule is O=C(Nc1cccc(CN2CCCC2=O)c1)c1cc2ccccc2n1Cc1ccccc1. The van der Waals surface area contributed by atoms with Crippen molar-refractivity contribution in [2.45, 2.75) is 25.9 Å². The molecule has 1 N–H and O–H groups in total. The fraction of sp³-hybridized carbons (Fsp3) is 0.185. The highest BCUT2D eigenvalue weighted by Gasteiger charge is 2.20. The molecule has 0 aliphatic carbocycles. The summed E-state index contributed by atoms with van der Waals surface area (Å²) < 4.78 is 2.06. The number of benzene rings is 3. The van der Waals surface area contributed by atoms with Crippen LogP contribution in [0.15, 0.2) is 84.9 Å². The van der Waals surface area contributed by atoms with Crippen molar-refractivity contribution in [2.75, 3.05) is 11.9 Å². The maximum atomic E-state index is 13.3. The monoisotopic (exact) mass is 423 g/mol. The molecule has 1 saturated heterocycles. The highest BCUT2D eigenvalue weighted by atomic mass is 16.2. The first kappa shape index (κ1) is 20.1. The van der Waals surface area contributed by atoms with Crippen LogP contribution < -0.4 is 5.32 Å². The average molecular weight is 424 g/mol. The van der Waals surface area contributed by atoms with Gasteiger partial charge in [-0.1, -0.05) is 60.7 Å². The molecule has 2 amide bonds. The van der Waals surface area contributed by atoms with E-state index < -0.39 is 0 Å². The summed E-state index contributed by atoms with van der Waals surface area (Å²) in [5.41, 5.74) is 4.54. The fourth-order valence-corrected chi connectivity index (χ4v) is 4.37. The first-order valence-corrected chi connectivity index (χ1v) is 11.0. The maximum absolute atomic E-state index is 13.3. The summed E-state index contributed by atoms with van der Waals surface area (Å²) in [6, 6.07) is 27.9. The predicted octanol–water partition coefficient (Wildman–Crippen LogP) is 5.06. The Balaban J connectivity index is 1.41. The number of anilines is 1. The molecule has 5 heteroatoms. The normalized spacial score (nSPS) is 13.6. The molecule has 1 aliphatic heterocycles. The van der Waals surface area contributed by atoms with Crippen LogP contribution in [0.1, 0.15) is 34.5 Å². The minimum absolute atomic E-state index is 0.147. The number of amides is 2. The van der Waals surface area contributed by atoms with Gasteiger partial charge in [0.05, 0.1) is 0 Å². The van der Waals surface area contributed by atoms with Crippen molar-refractivity contribution in [3.63, 3.8) is 0 Å². The Hall–Kier alpha value is -3.86. The molecule has 32 heavy (non-hydrogen) atoms. The zero-order valence-electron chi connectivity index (χ0n) is 17.8. The van der Waals surface area contributed by atoms with E-state index >= 15 is 0 Å². The Bertz CT molecular complexity index is 1280. The minimum atomic E-state index is -0.147. The zero-order chi connectivity index (χ0) is 21.9. The molecule has 0 saturated carbocycles. The average Bonchev–Trinajstić information content (AvgIpc) is 3.38. The number of likely N-dealkylation sites (tertiary alicyclic amines) is 1. The van der Waals surface area contributed by atoms with E-state index in [9.17, 15) is 9.59 Å². The lowest BCUT2D eigenvalue weighted by molar-refractivity contribution is -0.128. The van der Waals surface area contributed by atoms with Gasteiger partial charge in [0.25, 0.3) is 5.91 Å². The van der Waals surface area contributed by atoms with Crippen LogP contribution in [-0.4, -0.2) is 27.8 Å². The van der Waals surface area contributed by atoms with Gasteiger partial charge in [-0.2, -0.15) is 0 Å². The number of rotatable bonds is 6. The topological polar surface area (TPSA) is 54.3 Å². The molecule has 4 aromatic rings. The van der Waals surface area contributed by atoms with Gasteiger partial charge in [-0.05, 0) is 41.8 Å². The van der Waals surface area contributed by atoms with E-state index in [0.29, 0.717) is 25.2 Å². The largest absolute Gasteiger partial charge is 0.338 e. The van der Waals surface area contributed by atoms with Gasteiger partial charge in [-0.15, -0.1) is 0 Å². The number of aromatic nitrogens is 1. The Morgan fingerprint density at radius 1 is 0.844 bits per heavy atom. The summed E-state index contributed by atoms with van der Waals surface area (Å²) in [4.78, 5) is 27.1. The number of nitrogens with one attached hydrogen (secondary N) is 1. The summed E-state index contributed by atoms with van der Waals surface area (Å²) >= 11 is 0. The molecular formula is C27H25N3O2. The lowest BCUT2D eigenvalue weighted by Crippen LogP contribution is -2.24. The molecule has 2 heterocycles. The first-order chi connectivity index (χ1) is 15.7. The number of nitrogens with zero attached hydrogens (tertiary/aromatic N) is 2. The van der Waals surface area contributed by atoms with E-state index in [1.807, 2.05) is 77.7 Å². The van der Waals surface area contributed by atoms with E-state index in [1.165, 1.54) is 0 Å². The number of carbonyl (C=O) groups is 2. The molecular weight excluding hydrogens is 398 g/mol. The second-order valence-electron chi connectivity index (χ2n) is 8.23. The van der Waals surface area contributed by atoms with Gasteiger partial charge in [-0.25, -0.2) is 0 Å². The second-order valence-corrected chi connectivity index (χ2v) is 8.23.